The Bertz CT molecular complexity index is 1120. The van der Waals surface area contributed by atoms with Crippen LogP contribution in [0.4, 0.5) is 0 Å². The van der Waals surface area contributed by atoms with Crippen LogP contribution in [0.3, 0.4) is 0 Å². The van der Waals surface area contributed by atoms with E-state index in [0.29, 0.717) is 6.42 Å². The third kappa shape index (κ3) is 52.7. The molecule has 0 aliphatic heterocycles. The molecule has 0 rings (SSSR count). The molecule has 2 atom stereocenters. The molecule has 0 heterocycles. The molecule has 4 heteroatoms. The molecule has 0 aromatic carbocycles. The Morgan fingerprint density at radius 3 is 1.08 bits per heavy atom. The average molecular weight is 907 g/mol. The molecule has 0 saturated carbocycles. The van der Waals surface area contributed by atoms with Gasteiger partial charge in [-0.2, -0.15) is 0 Å². The number of nitrogens with one attached hydrogen (secondary N) is 1. The molecule has 0 saturated heterocycles. The highest BCUT2D eigenvalue weighted by atomic mass is 16.3. The summed E-state index contributed by atoms with van der Waals surface area (Å²) in [6.45, 7) is 4.17. The highest BCUT2D eigenvalue weighted by Gasteiger charge is 2.18. The smallest absolute Gasteiger partial charge is 0.220 e. The average Bonchev–Trinajstić information content (AvgIpc) is 3.31. The van der Waals surface area contributed by atoms with Crippen molar-refractivity contribution in [2.75, 3.05) is 6.61 Å². The highest BCUT2D eigenvalue weighted by molar-refractivity contribution is 5.76. The molecule has 2 unspecified atom stereocenters. The van der Waals surface area contributed by atoms with E-state index in [0.717, 1.165) is 57.8 Å². The van der Waals surface area contributed by atoms with Gasteiger partial charge in [-0.1, -0.05) is 286 Å². The second kappa shape index (κ2) is 56.2. The van der Waals surface area contributed by atoms with Gasteiger partial charge in [-0.15, -0.1) is 0 Å². The number of hydrogen-bond donors (Lipinski definition) is 3. The molecule has 0 radical (unpaired) electrons. The molecule has 3 N–H and O–H groups in total. The van der Waals surface area contributed by atoms with Gasteiger partial charge in [-0.05, 0) is 70.6 Å². The van der Waals surface area contributed by atoms with Crippen molar-refractivity contribution in [1.29, 1.82) is 0 Å². The lowest BCUT2D eigenvalue weighted by Gasteiger charge is -2.19. The molecular weight excluding hydrogens is 795 g/mol. The zero-order valence-electron chi connectivity index (χ0n) is 43.5. The molecule has 4 nitrogen and oxygen atoms in total. The first-order chi connectivity index (χ1) is 32.2. The van der Waals surface area contributed by atoms with Gasteiger partial charge in [-0.3, -0.25) is 4.79 Å². The number of hydrogen-bond acceptors (Lipinski definition) is 3. The third-order valence-electron chi connectivity index (χ3n) is 12.9. The van der Waals surface area contributed by atoms with Gasteiger partial charge in [-0.25, -0.2) is 0 Å². The molecule has 0 spiro atoms. The Labute approximate surface area is 406 Å². The van der Waals surface area contributed by atoms with E-state index in [-0.39, 0.29) is 12.5 Å². The van der Waals surface area contributed by atoms with Crippen LogP contribution in [0.5, 0.6) is 0 Å². The summed E-state index contributed by atoms with van der Waals surface area (Å²) >= 11 is 0. The molecule has 65 heavy (non-hydrogen) atoms. The highest BCUT2D eigenvalue weighted by Crippen LogP contribution is 2.17. The van der Waals surface area contributed by atoms with E-state index in [1.165, 1.54) is 212 Å². The van der Waals surface area contributed by atoms with Gasteiger partial charge in [0.25, 0.3) is 0 Å². The van der Waals surface area contributed by atoms with Gasteiger partial charge in [0.15, 0.2) is 0 Å². The van der Waals surface area contributed by atoms with Crippen molar-refractivity contribution < 1.29 is 15.0 Å². The van der Waals surface area contributed by atoms with Crippen LogP contribution in [0, 0.1) is 0 Å². The minimum atomic E-state index is -0.860. The van der Waals surface area contributed by atoms with E-state index < -0.39 is 12.1 Å². The summed E-state index contributed by atoms with van der Waals surface area (Å²) in [6, 6.07) is -0.637. The van der Waals surface area contributed by atoms with Crippen LogP contribution in [0.2, 0.25) is 0 Å². The van der Waals surface area contributed by atoms with Gasteiger partial charge in [0, 0.05) is 6.42 Å². The summed E-state index contributed by atoms with van der Waals surface area (Å²) in [7, 11) is 0. The Morgan fingerprint density at radius 1 is 0.385 bits per heavy atom. The van der Waals surface area contributed by atoms with Crippen LogP contribution in [0.1, 0.15) is 290 Å². The van der Waals surface area contributed by atoms with Crippen molar-refractivity contribution in [2.24, 2.45) is 0 Å². The monoisotopic (exact) mass is 906 g/mol. The van der Waals surface area contributed by atoms with Crippen molar-refractivity contribution in [3.05, 3.63) is 72.9 Å². The fraction of sp³-hybridized carbons (Fsp3) is 0.787. The van der Waals surface area contributed by atoms with E-state index in [4.69, 9.17) is 0 Å². The number of rotatable bonds is 52. The fourth-order valence-corrected chi connectivity index (χ4v) is 8.60. The third-order valence-corrected chi connectivity index (χ3v) is 12.9. The van der Waals surface area contributed by atoms with Crippen molar-refractivity contribution in [3.8, 4) is 0 Å². The van der Waals surface area contributed by atoms with Gasteiger partial charge in [0.1, 0.15) is 0 Å². The number of aliphatic hydroxyl groups is 2. The van der Waals surface area contributed by atoms with Crippen LogP contribution < -0.4 is 5.32 Å². The number of aliphatic hydroxyl groups excluding tert-OH is 2. The van der Waals surface area contributed by atoms with Crippen LogP contribution in [-0.2, 0) is 4.79 Å². The van der Waals surface area contributed by atoms with Gasteiger partial charge in [0.2, 0.25) is 5.91 Å². The standard InChI is InChI=1S/C61H111NO3/c1-3-5-7-9-11-13-15-17-18-19-20-21-22-23-24-25-26-27-28-29-30-31-32-33-34-35-36-37-38-39-40-41-42-43-44-45-47-49-51-53-55-57-61(65)62-59(58-63)60(64)56-54-52-50-48-46-16-14-12-10-8-6-4-2/h5,7,11,13,17-18,20-21,46,48,54,56,59-60,63-64H,3-4,6,8-10,12,14-16,19,22-45,47,49-53,55,57-58H2,1-2H3,(H,62,65)/b7-5-,13-11-,18-17-,21-20-,48-46+,56-54+. The van der Waals surface area contributed by atoms with Crippen molar-refractivity contribution in [1.82, 2.24) is 5.32 Å². The molecule has 1 amide bonds. The summed E-state index contributed by atoms with van der Waals surface area (Å²) in [5.41, 5.74) is 0. The lowest BCUT2D eigenvalue weighted by atomic mass is 10.0. The van der Waals surface area contributed by atoms with E-state index in [2.05, 4.69) is 79.9 Å². The summed E-state index contributed by atoms with van der Waals surface area (Å²) in [4.78, 5) is 12.4. The summed E-state index contributed by atoms with van der Waals surface area (Å²) in [6.07, 6.45) is 80.9. The van der Waals surface area contributed by atoms with E-state index in [1.807, 2.05) is 6.08 Å². The minimum absolute atomic E-state index is 0.0716. The first-order valence-electron chi connectivity index (χ1n) is 28.7. The van der Waals surface area contributed by atoms with Crippen LogP contribution >= 0.6 is 0 Å². The second-order valence-electron chi connectivity index (χ2n) is 19.3. The van der Waals surface area contributed by atoms with Crippen LogP contribution in [0.15, 0.2) is 72.9 Å². The van der Waals surface area contributed by atoms with E-state index in [1.54, 1.807) is 6.08 Å². The number of amides is 1. The SMILES string of the molecule is CC/C=C\C/C=C\C/C=C\C/C=C\CCCCCCCCCCCCCCCCCCCCCCCCCCCCCCC(=O)NC(CO)C(O)/C=C/CC/C=C/CCCCCCCC. The lowest BCUT2D eigenvalue weighted by molar-refractivity contribution is -0.123. The molecule has 378 valence electrons. The molecule has 0 aromatic heterocycles. The molecule has 0 aromatic rings. The zero-order chi connectivity index (χ0) is 47.0. The topological polar surface area (TPSA) is 69.6 Å². The summed E-state index contributed by atoms with van der Waals surface area (Å²) < 4.78 is 0. The maximum absolute atomic E-state index is 12.4. The van der Waals surface area contributed by atoms with Gasteiger partial charge in [0.05, 0.1) is 18.8 Å². The maximum atomic E-state index is 12.4. The maximum Gasteiger partial charge on any atom is 0.220 e. The molecule has 0 bridgehead atoms. The number of allylic oxidation sites excluding steroid dienone is 11. The lowest BCUT2D eigenvalue weighted by Crippen LogP contribution is -2.45. The second-order valence-corrected chi connectivity index (χ2v) is 19.3. The van der Waals surface area contributed by atoms with E-state index in [9.17, 15) is 15.0 Å². The number of carbonyl (C=O) groups is 1. The zero-order valence-corrected chi connectivity index (χ0v) is 43.5. The molecule has 0 aliphatic rings. The largest absolute Gasteiger partial charge is 0.394 e. The quantitative estimate of drug-likeness (QED) is 0.0421. The minimum Gasteiger partial charge on any atom is -0.394 e. The summed E-state index contributed by atoms with van der Waals surface area (Å²) in [5, 5.41) is 23.0. The molecule has 0 aliphatic carbocycles. The van der Waals surface area contributed by atoms with Gasteiger partial charge < -0.3 is 15.5 Å². The van der Waals surface area contributed by atoms with Crippen molar-refractivity contribution >= 4 is 5.91 Å². The molecular formula is C61H111NO3. The first kappa shape index (κ1) is 62.8. The Hall–Kier alpha value is -2.17. The van der Waals surface area contributed by atoms with E-state index >= 15 is 0 Å². The molecule has 0 fully saturated rings. The summed E-state index contributed by atoms with van der Waals surface area (Å²) in [5.74, 6) is -0.0716. The Morgan fingerprint density at radius 2 is 0.692 bits per heavy atom. The van der Waals surface area contributed by atoms with Gasteiger partial charge >= 0.3 is 0 Å². The number of unbranched alkanes of at least 4 members (excludes halogenated alkanes) is 35. The first-order valence-corrected chi connectivity index (χ1v) is 28.7. The predicted octanol–water partition coefficient (Wildman–Crippen LogP) is 19.0. The fourth-order valence-electron chi connectivity index (χ4n) is 8.60. The predicted molar refractivity (Wildman–Crippen MR) is 290 cm³/mol. The Balaban J connectivity index is 3.38. The van der Waals surface area contributed by atoms with Crippen molar-refractivity contribution in [3.63, 3.8) is 0 Å². The van der Waals surface area contributed by atoms with Crippen molar-refractivity contribution in [2.45, 2.75) is 302 Å². The Kier molecular flexibility index (Phi) is 54.3. The normalized spacial score (nSPS) is 13.4. The number of carbonyl (C=O) groups excluding carboxylic acids is 1. The van der Waals surface area contributed by atoms with Crippen LogP contribution in [0.25, 0.3) is 0 Å². The van der Waals surface area contributed by atoms with Crippen LogP contribution in [-0.4, -0.2) is 34.9 Å².